The smallest absolute Gasteiger partial charge is 0.237 e. The molecule has 0 aliphatic carbocycles. The van der Waals surface area contributed by atoms with Crippen molar-refractivity contribution in [3.05, 3.63) is 35.9 Å². The van der Waals surface area contributed by atoms with E-state index in [9.17, 15) is 4.79 Å². The molecule has 3 nitrogen and oxygen atoms in total. The molecule has 1 atom stereocenters. The molecule has 0 saturated carbocycles. The zero-order valence-electron chi connectivity index (χ0n) is 12.7. The van der Waals surface area contributed by atoms with Gasteiger partial charge in [-0.05, 0) is 38.2 Å². The number of amides is 1. The van der Waals surface area contributed by atoms with Crippen LogP contribution in [-0.4, -0.2) is 17.5 Å². The predicted molar refractivity (Wildman–Crippen MR) is 80.0 cm³/mol. The summed E-state index contributed by atoms with van der Waals surface area (Å²) in [6, 6.07) is 10.6. The maximum atomic E-state index is 11.4. The Balaban J connectivity index is 2.71. The molecule has 0 aliphatic heterocycles. The van der Waals surface area contributed by atoms with Crippen LogP contribution in [-0.2, 0) is 10.2 Å². The van der Waals surface area contributed by atoms with Gasteiger partial charge in [-0.1, -0.05) is 44.2 Å². The highest BCUT2D eigenvalue weighted by Crippen LogP contribution is 2.28. The minimum atomic E-state index is -0.674. The molecule has 1 aromatic rings. The van der Waals surface area contributed by atoms with E-state index in [4.69, 9.17) is 5.73 Å². The molecule has 1 amide bonds. The van der Waals surface area contributed by atoms with Gasteiger partial charge in [-0.3, -0.25) is 4.79 Å². The van der Waals surface area contributed by atoms with E-state index < -0.39 is 5.54 Å². The quantitative estimate of drug-likeness (QED) is 0.828. The minimum Gasteiger partial charge on any atom is -0.368 e. The Morgan fingerprint density at radius 3 is 2.21 bits per heavy atom. The topological polar surface area (TPSA) is 55.1 Å². The Morgan fingerprint density at radius 1 is 1.21 bits per heavy atom. The number of carbonyl (C=O) groups is 1. The highest BCUT2D eigenvalue weighted by molar-refractivity contribution is 5.83. The summed E-state index contributed by atoms with van der Waals surface area (Å²) in [5.41, 5.74) is 6.08. The van der Waals surface area contributed by atoms with Crippen LogP contribution in [0.4, 0.5) is 0 Å². The lowest BCUT2D eigenvalue weighted by molar-refractivity contribution is -0.123. The normalized spacial score (nSPS) is 14.2. The van der Waals surface area contributed by atoms with Crippen molar-refractivity contribution in [2.24, 2.45) is 5.73 Å². The van der Waals surface area contributed by atoms with Crippen LogP contribution >= 0.6 is 0 Å². The number of benzene rings is 1. The molecule has 0 aliphatic rings. The first kappa shape index (κ1) is 15.7. The first-order valence-electron chi connectivity index (χ1n) is 6.78. The van der Waals surface area contributed by atoms with E-state index in [0.29, 0.717) is 0 Å². The molecule has 19 heavy (non-hydrogen) atoms. The molecule has 0 bridgehead atoms. The van der Waals surface area contributed by atoms with Gasteiger partial charge in [0.15, 0.2) is 0 Å². The molecule has 1 aromatic carbocycles. The second-order valence-corrected chi connectivity index (χ2v) is 6.49. The number of nitrogens with one attached hydrogen (secondary N) is 1. The molecule has 0 aromatic heterocycles. The fourth-order valence-corrected chi connectivity index (χ4v) is 2.51. The summed E-state index contributed by atoms with van der Waals surface area (Å²) < 4.78 is 0. The standard InChI is InChI=1S/C16H26N2O/c1-12(18-16(4,5)14(17)19)11-15(2,3)13-9-7-6-8-10-13/h6-10,12,18H,11H2,1-5H3,(H2,17,19). The van der Waals surface area contributed by atoms with Crippen LogP contribution in [0.15, 0.2) is 30.3 Å². The molecule has 1 unspecified atom stereocenters. The number of primary amides is 1. The van der Waals surface area contributed by atoms with Crippen LogP contribution in [0.25, 0.3) is 0 Å². The summed E-state index contributed by atoms with van der Waals surface area (Å²) in [4.78, 5) is 11.4. The van der Waals surface area contributed by atoms with Crippen LogP contribution in [0.3, 0.4) is 0 Å². The Hall–Kier alpha value is -1.35. The Labute approximate surface area is 116 Å². The molecule has 0 spiro atoms. The van der Waals surface area contributed by atoms with Crippen molar-refractivity contribution in [2.45, 2.75) is 58.0 Å². The summed E-state index contributed by atoms with van der Waals surface area (Å²) >= 11 is 0. The number of hydrogen-bond donors (Lipinski definition) is 2. The van der Waals surface area contributed by atoms with Gasteiger partial charge in [0, 0.05) is 6.04 Å². The van der Waals surface area contributed by atoms with Crippen molar-refractivity contribution in [1.82, 2.24) is 5.32 Å². The molecular formula is C16H26N2O. The fourth-order valence-electron chi connectivity index (χ4n) is 2.51. The van der Waals surface area contributed by atoms with E-state index in [0.717, 1.165) is 6.42 Å². The second-order valence-electron chi connectivity index (χ2n) is 6.49. The van der Waals surface area contributed by atoms with Gasteiger partial charge in [0.2, 0.25) is 5.91 Å². The molecular weight excluding hydrogens is 236 g/mol. The molecule has 1 rings (SSSR count). The molecule has 3 N–H and O–H groups in total. The van der Waals surface area contributed by atoms with Crippen molar-refractivity contribution in [2.75, 3.05) is 0 Å². The third-order valence-electron chi connectivity index (χ3n) is 3.60. The monoisotopic (exact) mass is 262 g/mol. The van der Waals surface area contributed by atoms with Gasteiger partial charge < -0.3 is 11.1 Å². The maximum Gasteiger partial charge on any atom is 0.237 e. The van der Waals surface area contributed by atoms with Gasteiger partial charge in [-0.25, -0.2) is 0 Å². The Morgan fingerprint density at radius 2 is 1.74 bits per heavy atom. The van der Waals surface area contributed by atoms with Crippen LogP contribution < -0.4 is 11.1 Å². The van der Waals surface area contributed by atoms with Crippen molar-refractivity contribution in [1.29, 1.82) is 0 Å². The Kier molecular flexibility index (Phi) is 4.75. The average Bonchev–Trinajstić information content (AvgIpc) is 2.28. The highest BCUT2D eigenvalue weighted by Gasteiger charge is 2.29. The molecule has 3 heteroatoms. The van der Waals surface area contributed by atoms with Crippen LogP contribution in [0.2, 0.25) is 0 Å². The molecule has 0 fully saturated rings. The minimum absolute atomic E-state index is 0.0569. The number of hydrogen-bond acceptors (Lipinski definition) is 2. The lowest BCUT2D eigenvalue weighted by Gasteiger charge is -2.33. The Bertz CT molecular complexity index is 424. The van der Waals surface area contributed by atoms with Gasteiger partial charge in [0.1, 0.15) is 0 Å². The maximum absolute atomic E-state index is 11.4. The lowest BCUT2D eigenvalue weighted by atomic mass is 9.79. The van der Waals surface area contributed by atoms with E-state index in [1.807, 2.05) is 19.9 Å². The summed E-state index contributed by atoms with van der Waals surface area (Å²) in [6.45, 7) is 10.2. The summed E-state index contributed by atoms with van der Waals surface area (Å²) in [5.74, 6) is -0.322. The van der Waals surface area contributed by atoms with Crippen molar-refractivity contribution in [3.8, 4) is 0 Å². The molecule has 0 radical (unpaired) electrons. The van der Waals surface area contributed by atoms with Crippen molar-refractivity contribution in [3.63, 3.8) is 0 Å². The lowest BCUT2D eigenvalue weighted by Crippen LogP contribution is -2.54. The van der Waals surface area contributed by atoms with Crippen LogP contribution in [0.1, 0.15) is 46.6 Å². The highest BCUT2D eigenvalue weighted by atomic mass is 16.1. The van der Waals surface area contributed by atoms with Crippen LogP contribution in [0, 0.1) is 0 Å². The zero-order chi connectivity index (χ0) is 14.7. The fraction of sp³-hybridized carbons (Fsp3) is 0.562. The zero-order valence-corrected chi connectivity index (χ0v) is 12.7. The number of rotatable bonds is 6. The van der Waals surface area contributed by atoms with E-state index in [2.05, 4.69) is 50.4 Å². The number of carbonyl (C=O) groups excluding carboxylic acids is 1. The van der Waals surface area contributed by atoms with Crippen molar-refractivity contribution >= 4 is 5.91 Å². The average molecular weight is 262 g/mol. The third kappa shape index (κ3) is 4.35. The summed E-state index contributed by atoms with van der Waals surface area (Å²) in [5, 5.41) is 3.31. The van der Waals surface area contributed by atoms with Gasteiger partial charge in [-0.15, -0.1) is 0 Å². The third-order valence-corrected chi connectivity index (χ3v) is 3.60. The van der Waals surface area contributed by atoms with E-state index in [1.165, 1.54) is 5.56 Å². The molecule has 0 heterocycles. The SMILES string of the molecule is CC(CC(C)(C)c1ccccc1)NC(C)(C)C(N)=O. The largest absolute Gasteiger partial charge is 0.368 e. The van der Waals surface area contributed by atoms with Gasteiger partial charge in [0.05, 0.1) is 5.54 Å². The first-order chi connectivity index (χ1) is 8.65. The first-order valence-corrected chi connectivity index (χ1v) is 6.78. The van der Waals surface area contributed by atoms with Gasteiger partial charge in [0.25, 0.3) is 0 Å². The van der Waals surface area contributed by atoms with E-state index in [1.54, 1.807) is 0 Å². The summed E-state index contributed by atoms with van der Waals surface area (Å²) in [7, 11) is 0. The van der Waals surface area contributed by atoms with Crippen molar-refractivity contribution < 1.29 is 4.79 Å². The molecule has 106 valence electrons. The summed E-state index contributed by atoms with van der Waals surface area (Å²) in [6.07, 6.45) is 0.938. The van der Waals surface area contributed by atoms with Gasteiger partial charge in [-0.2, -0.15) is 0 Å². The second kappa shape index (κ2) is 5.74. The molecule has 0 saturated heterocycles. The number of nitrogens with two attached hydrogens (primary N) is 1. The van der Waals surface area contributed by atoms with Crippen LogP contribution in [0.5, 0.6) is 0 Å². The van der Waals surface area contributed by atoms with Gasteiger partial charge >= 0.3 is 0 Å². The van der Waals surface area contributed by atoms with E-state index >= 15 is 0 Å². The van der Waals surface area contributed by atoms with E-state index in [-0.39, 0.29) is 17.4 Å². The predicted octanol–water partition coefficient (Wildman–Crippen LogP) is 2.60.